The van der Waals surface area contributed by atoms with Crippen molar-refractivity contribution in [3.63, 3.8) is 0 Å². The van der Waals surface area contributed by atoms with Crippen LogP contribution < -0.4 is 5.32 Å². The molecule has 3 heteroatoms. The molecule has 3 atom stereocenters. The first-order valence-corrected chi connectivity index (χ1v) is 10.1. The summed E-state index contributed by atoms with van der Waals surface area (Å²) >= 11 is 0. The van der Waals surface area contributed by atoms with E-state index >= 15 is 0 Å². The number of likely N-dealkylation sites (tertiary alicyclic amines) is 1. The third-order valence-electron chi connectivity index (χ3n) is 6.46. The summed E-state index contributed by atoms with van der Waals surface area (Å²) in [7, 11) is 0. The Bertz CT molecular complexity index is 893. The molecule has 27 heavy (non-hydrogen) atoms. The van der Waals surface area contributed by atoms with Crippen molar-refractivity contribution in [2.24, 2.45) is 5.92 Å². The summed E-state index contributed by atoms with van der Waals surface area (Å²) in [5.41, 5.74) is 5.76. The second-order valence-corrected chi connectivity index (χ2v) is 8.16. The van der Waals surface area contributed by atoms with Crippen molar-refractivity contribution in [2.45, 2.75) is 38.1 Å². The fraction of sp³-hybridized carbons (Fsp3) is 0.375. The fourth-order valence-corrected chi connectivity index (χ4v) is 4.99. The van der Waals surface area contributed by atoms with E-state index in [0.717, 1.165) is 43.6 Å². The molecule has 0 bridgehead atoms. The maximum absolute atomic E-state index is 13.2. The minimum atomic E-state index is 0.180. The van der Waals surface area contributed by atoms with Crippen molar-refractivity contribution in [3.05, 3.63) is 76.9 Å². The second-order valence-electron chi connectivity index (χ2n) is 8.16. The number of carbonyl (C=O) groups is 1. The zero-order valence-corrected chi connectivity index (χ0v) is 15.8. The van der Waals surface area contributed by atoms with Gasteiger partial charge in [-0.15, -0.1) is 0 Å². The smallest absolute Gasteiger partial charge is 0.255 e. The molecule has 0 saturated carbocycles. The van der Waals surface area contributed by atoms with Crippen LogP contribution in [0.2, 0.25) is 0 Å². The lowest BCUT2D eigenvalue weighted by Gasteiger charge is -2.38. The van der Waals surface area contributed by atoms with E-state index in [0.29, 0.717) is 11.8 Å². The third kappa shape index (κ3) is 2.77. The molecule has 1 saturated heterocycles. The van der Waals surface area contributed by atoms with E-state index in [-0.39, 0.29) is 11.9 Å². The Hall–Kier alpha value is -2.55. The van der Waals surface area contributed by atoms with Crippen molar-refractivity contribution in [1.82, 2.24) is 4.90 Å². The van der Waals surface area contributed by atoms with Crippen molar-refractivity contribution >= 4 is 11.6 Å². The topological polar surface area (TPSA) is 32.3 Å². The summed E-state index contributed by atoms with van der Waals surface area (Å²) in [6.45, 7) is 3.89. The highest BCUT2D eigenvalue weighted by Gasteiger charge is 2.39. The lowest BCUT2D eigenvalue weighted by molar-refractivity contribution is 0.0793. The molecule has 1 N–H and O–H groups in total. The number of amides is 1. The molecule has 2 aliphatic heterocycles. The fourth-order valence-electron chi connectivity index (χ4n) is 4.99. The SMILES string of the molecule is Cc1ccc(C2Nc3c(C(=O)N4CCCC4)cccc3C3C=CCC32)cc1. The first-order valence-electron chi connectivity index (χ1n) is 10.1. The van der Waals surface area contributed by atoms with Gasteiger partial charge in [0.25, 0.3) is 5.91 Å². The van der Waals surface area contributed by atoms with E-state index in [1.165, 1.54) is 16.7 Å². The first kappa shape index (κ1) is 16.6. The van der Waals surface area contributed by atoms with Gasteiger partial charge in [0.1, 0.15) is 0 Å². The van der Waals surface area contributed by atoms with Gasteiger partial charge in [-0.05, 0) is 49.3 Å². The number of carbonyl (C=O) groups excluding carboxylic acids is 1. The zero-order chi connectivity index (χ0) is 18.4. The number of allylic oxidation sites excluding steroid dienone is 2. The standard InChI is InChI=1S/C24H26N2O/c1-16-10-12-17(13-11-16)22-19-7-4-6-18(19)20-8-5-9-21(23(20)25-22)24(27)26-14-2-3-15-26/h4-6,8-13,18-19,22,25H,2-3,7,14-15H2,1H3. The van der Waals surface area contributed by atoms with Gasteiger partial charge in [0.2, 0.25) is 0 Å². The predicted octanol–water partition coefficient (Wildman–Crippen LogP) is 5.06. The average molecular weight is 358 g/mol. The molecule has 1 aliphatic carbocycles. The molecule has 2 aromatic rings. The quantitative estimate of drug-likeness (QED) is 0.761. The molecular formula is C24H26N2O. The van der Waals surface area contributed by atoms with E-state index < -0.39 is 0 Å². The Morgan fingerprint density at radius 1 is 1.07 bits per heavy atom. The molecule has 0 spiro atoms. The monoisotopic (exact) mass is 358 g/mol. The Morgan fingerprint density at radius 2 is 1.85 bits per heavy atom. The van der Waals surface area contributed by atoms with Gasteiger partial charge in [-0.1, -0.05) is 54.1 Å². The van der Waals surface area contributed by atoms with Gasteiger partial charge in [-0.2, -0.15) is 0 Å². The van der Waals surface area contributed by atoms with Crippen LogP contribution in [0.4, 0.5) is 5.69 Å². The van der Waals surface area contributed by atoms with Crippen molar-refractivity contribution in [2.75, 3.05) is 18.4 Å². The summed E-state index contributed by atoms with van der Waals surface area (Å²) in [5.74, 6) is 1.08. The lowest BCUT2D eigenvalue weighted by atomic mass is 9.76. The Kier molecular flexibility index (Phi) is 4.04. The summed E-state index contributed by atoms with van der Waals surface area (Å²) in [5, 5.41) is 3.79. The van der Waals surface area contributed by atoms with Gasteiger partial charge in [0.05, 0.1) is 17.3 Å². The highest BCUT2D eigenvalue weighted by molar-refractivity contribution is 6.01. The van der Waals surface area contributed by atoms with Crippen LogP contribution in [0.3, 0.4) is 0 Å². The normalized spacial score (nSPS) is 25.8. The predicted molar refractivity (Wildman–Crippen MR) is 109 cm³/mol. The zero-order valence-electron chi connectivity index (χ0n) is 15.8. The number of hydrogen-bond donors (Lipinski definition) is 1. The van der Waals surface area contributed by atoms with Gasteiger partial charge in [-0.25, -0.2) is 0 Å². The van der Waals surface area contributed by atoms with Crippen molar-refractivity contribution in [3.8, 4) is 0 Å². The van der Waals surface area contributed by atoms with E-state index in [9.17, 15) is 4.79 Å². The molecule has 5 rings (SSSR count). The summed E-state index contributed by atoms with van der Waals surface area (Å²) in [4.78, 5) is 15.2. The van der Waals surface area contributed by atoms with Gasteiger partial charge in [0, 0.05) is 19.0 Å². The summed E-state index contributed by atoms with van der Waals surface area (Å²) < 4.78 is 0. The number of rotatable bonds is 2. The van der Waals surface area contributed by atoms with Crippen LogP contribution in [0.1, 0.15) is 58.3 Å². The van der Waals surface area contributed by atoms with Crippen LogP contribution in [0, 0.1) is 12.8 Å². The number of nitrogens with zero attached hydrogens (tertiary/aromatic N) is 1. The number of para-hydroxylation sites is 1. The Balaban J connectivity index is 1.57. The molecule has 3 aliphatic rings. The van der Waals surface area contributed by atoms with Crippen molar-refractivity contribution < 1.29 is 4.79 Å². The minimum absolute atomic E-state index is 0.180. The number of aryl methyl sites for hydroxylation is 1. The maximum atomic E-state index is 13.2. The molecule has 1 fully saturated rings. The molecule has 2 heterocycles. The van der Waals surface area contributed by atoms with Gasteiger partial charge in [0.15, 0.2) is 0 Å². The van der Waals surface area contributed by atoms with Crippen LogP contribution in [0.5, 0.6) is 0 Å². The van der Waals surface area contributed by atoms with Crippen LogP contribution in [0.25, 0.3) is 0 Å². The minimum Gasteiger partial charge on any atom is -0.377 e. The highest BCUT2D eigenvalue weighted by atomic mass is 16.2. The average Bonchev–Trinajstić information content (AvgIpc) is 3.39. The first-order chi connectivity index (χ1) is 13.2. The molecule has 2 aromatic carbocycles. The highest BCUT2D eigenvalue weighted by Crippen LogP contribution is 2.50. The van der Waals surface area contributed by atoms with Crippen LogP contribution in [-0.4, -0.2) is 23.9 Å². The van der Waals surface area contributed by atoms with E-state index in [1.807, 2.05) is 11.0 Å². The van der Waals surface area contributed by atoms with Gasteiger partial charge in [-0.3, -0.25) is 4.79 Å². The third-order valence-corrected chi connectivity index (χ3v) is 6.46. The number of anilines is 1. The molecule has 3 unspecified atom stereocenters. The second kappa shape index (κ2) is 6.56. The Labute approximate surface area is 161 Å². The molecular weight excluding hydrogens is 332 g/mol. The number of fused-ring (bicyclic) bond motifs is 3. The molecule has 138 valence electrons. The Morgan fingerprint density at radius 3 is 2.63 bits per heavy atom. The maximum Gasteiger partial charge on any atom is 0.255 e. The number of benzene rings is 2. The van der Waals surface area contributed by atoms with Gasteiger partial charge >= 0.3 is 0 Å². The molecule has 0 radical (unpaired) electrons. The summed E-state index contributed by atoms with van der Waals surface area (Å²) in [6.07, 6.45) is 7.97. The lowest BCUT2D eigenvalue weighted by Crippen LogP contribution is -2.33. The van der Waals surface area contributed by atoms with Crippen LogP contribution in [0.15, 0.2) is 54.6 Å². The van der Waals surface area contributed by atoms with E-state index in [2.05, 4.69) is 60.8 Å². The van der Waals surface area contributed by atoms with E-state index in [4.69, 9.17) is 0 Å². The van der Waals surface area contributed by atoms with Crippen LogP contribution >= 0.6 is 0 Å². The number of nitrogens with one attached hydrogen (secondary N) is 1. The molecule has 3 nitrogen and oxygen atoms in total. The largest absolute Gasteiger partial charge is 0.377 e. The molecule has 1 amide bonds. The van der Waals surface area contributed by atoms with Gasteiger partial charge < -0.3 is 10.2 Å². The number of hydrogen-bond acceptors (Lipinski definition) is 2. The summed E-state index contributed by atoms with van der Waals surface area (Å²) in [6, 6.07) is 15.3. The van der Waals surface area contributed by atoms with Crippen molar-refractivity contribution in [1.29, 1.82) is 0 Å². The van der Waals surface area contributed by atoms with E-state index in [1.54, 1.807) is 0 Å². The molecule has 0 aromatic heterocycles. The van der Waals surface area contributed by atoms with Crippen LogP contribution in [-0.2, 0) is 0 Å².